The van der Waals surface area contributed by atoms with Crippen molar-refractivity contribution in [3.8, 4) is 5.75 Å². The highest BCUT2D eigenvalue weighted by Gasteiger charge is 2.08. The zero-order valence-corrected chi connectivity index (χ0v) is 14.1. The normalized spacial score (nSPS) is 10.3. The van der Waals surface area contributed by atoms with Crippen LogP contribution in [0.4, 0.5) is 4.39 Å². The number of carbonyl (C=O) groups excluding carboxylic acids is 1. The second-order valence-corrected chi connectivity index (χ2v) is 5.71. The van der Waals surface area contributed by atoms with Crippen LogP contribution < -0.4 is 10.1 Å². The van der Waals surface area contributed by atoms with Gasteiger partial charge in [0.1, 0.15) is 18.2 Å². The van der Waals surface area contributed by atoms with Crippen molar-refractivity contribution in [1.82, 2.24) is 5.32 Å². The first kappa shape index (κ1) is 18.7. The van der Waals surface area contributed by atoms with Gasteiger partial charge in [-0.1, -0.05) is 29.8 Å². The fraction of sp³-hybridized carbons (Fsp3) is 0.222. The van der Waals surface area contributed by atoms with Crippen LogP contribution in [0.3, 0.4) is 0 Å². The fourth-order valence-corrected chi connectivity index (χ4v) is 2.26. The highest BCUT2D eigenvalue weighted by molar-refractivity contribution is 6.31. The molecule has 0 bridgehead atoms. The molecular weight excluding hydrogens is 349 g/mol. The third-order valence-corrected chi connectivity index (χ3v) is 3.78. The van der Waals surface area contributed by atoms with Crippen molar-refractivity contribution >= 4 is 23.5 Å². The molecule has 0 aromatic heterocycles. The SMILES string of the molecule is O=C(O)CCC(=O)NCc1ccc(OCc2c(F)cccc2Cl)cc1. The summed E-state index contributed by atoms with van der Waals surface area (Å²) in [6.07, 6.45) is -0.253. The Bertz CT molecular complexity index is 729. The molecule has 0 aliphatic rings. The van der Waals surface area contributed by atoms with Gasteiger partial charge in [0.2, 0.25) is 5.91 Å². The largest absolute Gasteiger partial charge is 0.489 e. The average Bonchev–Trinajstić information content (AvgIpc) is 2.58. The first-order chi connectivity index (χ1) is 12.0. The molecule has 0 radical (unpaired) electrons. The number of hydrogen-bond donors (Lipinski definition) is 2. The number of nitrogens with one attached hydrogen (secondary N) is 1. The summed E-state index contributed by atoms with van der Waals surface area (Å²) in [4.78, 5) is 21.9. The summed E-state index contributed by atoms with van der Waals surface area (Å²) in [6, 6.07) is 11.4. The van der Waals surface area contributed by atoms with E-state index in [2.05, 4.69) is 5.32 Å². The number of benzene rings is 2. The third-order valence-electron chi connectivity index (χ3n) is 3.42. The van der Waals surface area contributed by atoms with Gasteiger partial charge < -0.3 is 15.2 Å². The molecule has 2 N–H and O–H groups in total. The summed E-state index contributed by atoms with van der Waals surface area (Å²) in [5.41, 5.74) is 1.12. The van der Waals surface area contributed by atoms with Crippen LogP contribution in [0.5, 0.6) is 5.75 Å². The smallest absolute Gasteiger partial charge is 0.303 e. The van der Waals surface area contributed by atoms with Crippen molar-refractivity contribution in [2.75, 3.05) is 0 Å². The van der Waals surface area contributed by atoms with Gasteiger partial charge in [0.05, 0.1) is 11.4 Å². The Hall–Kier alpha value is -2.60. The van der Waals surface area contributed by atoms with Gasteiger partial charge in [0.25, 0.3) is 0 Å². The predicted octanol–water partition coefficient (Wildman–Crippen LogP) is 3.54. The number of carboxylic acids is 1. The summed E-state index contributed by atoms with van der Waals surface area (Å²) >= 11 is 5.94. The molecule has 132 valence electrons. The predicted molar refractivity (Wildman–Crippen MR) is 90.9 cm³/mol. The van der Waals surface area contributed by atoms with Gasteiger partial charge in [-0.15, -0.1) is 0 Å². The molecule has 1 amide bonds. The van der Waals surface area contributed by atoms with E-state index in [0.29, 0.717) is 16.3 Å². The van der Waals surface area contributed by atoms with Crippen LogP contribution in [-0.4, -0.2) is 17.0 Å². The molecule has 0 aliphatic carbocycles. The molecule has 0 aliphatic heterocycles. The standard InChI is InChI=1S/C18H17ClFNO4/c19-15-2-1-3-16(20)14(15)11-25-13-6-4-12(5-7-13)10-21-17(22)8-9-18(23)24/h1-7H,8-11H2,(H,21,22)(H,23,24). The molecule has 0 saturated carbocycles. The van der Waals surface area contributed by atoms with E-state index < -0.39 is 11.8 Å². The molecule has 0 atom stereocenters. The fourth-order valence-electron chi connectivity index (χ4n) is 2.04. The maximum absolute atomic E-state index is 13.7. The molecule has 0 saturated heterocycles. The lowest BCUT2D eigenvalue weighted by molar-refractivity contribution is -0.138. The molecule has 0 unspecified atom stereocenters. The van der Waals surface area contributed by atoms with Crippen molar-refractivity contribution in [2.45, 2.75) is 26.0 Å². The molecule has 0 spiro atoms. The highest BCUT2D eigenvalue weighted by atomic mass is 35.5. The monoisotopic (exact) mass is 365 g/mol. The molecule has 7 heteroatoms. The van der Waals surface area contributed by atoms with Crippen molar-refractivity contribution in [2.24, 2.45) is 0 Å². The maximum atomic E-state index is 13.7. The van der Waals surface area contributed by atoms with Gasteiger partial charge in [0.15, 0.2) is 0 Å². The van der Waals surface area contributed by atoms with Crippen LogP contribution in [-0.2, 0) is 22.7 Å². The van der Waals surface area contributed by atoms with E-state index in [9.17, 15) is 14.0 Å². The van der Waals surface area contributed by atoms with Crippen molar-refractivity contribution in [3.05, 3.63) is 64.4 Å². The molecule has 2 aromatic carbocycles. The molecule has 25 heavy (non-hydrogen) atoms. The lowest BCUT2D eigenvalue weighted by Crippen LogP contribution is -2.23. The Morgan fingerprint density at radius 1 is 1.12 bits per heavy atom. The number of hydrogen-bond acceptors (Lipinski definition) is 3. The van der Waals surface area contributed by atoms with Crippen LogP contribution >= 0.6 is 11.6 Å². The van der Waals surface area contributed by atoms with E-state index in [1.165, 1.54) is 12.1 Å². The van der Waals surface area contributed by atoms with E-state index >= 15 is 0 Å². The van der Waals surface area contributed by atoms with Gasteiger partial charge in [-0.3, -0.25) is 9.59 Å². The summed E-state index contributed by atoms with van der Waals surface area (Å²) in [7, 11) is 0. The van der Waals surface area contributed by atoms with Gasteiger partial charge in [-0.25, -0.2) is 4.39 Å². The summed E-state index contributed by atoms with van der Waals surface area (Å²) in [5, 5.41) is 11.5. The van der Waals surface area contributed by atoms with Crippen LogP contribution in [0.25, 0.3) is 0 Å². The Morgan fingerprint density at radius 2 is 1.84 bits per heavy atom. The third kappa shape index (κ3) is 6.08. The number of amides is 1. The quantitative estimate of drug-likeness (QED) is 0.750. The van der Waals surface area contributed by atoms with E-state index in [0.717, 1.165) is 5.56 Å². The molecule has 0 heterocycles. The number of ether oxygens (including phenoxy) is 1. The maximum Gasteiger partial charge on any atom is 0.303 e. The van der Waals surface area contributed by atoms with E-state index in [1.54, 1.807) is 30.3 Å². The molecule has 0 fully saturated rings. The van der Waals surface area contributed by atoms with Gasteiger partial charge in [-0.05, 0) is 29.8 Å². The van der Waals surface area contributed by atoms with Crippen LogP contribution in [0, 0.1) is 5.82 Å². The number of aliphatic carboxylic acids is 1. The second-order valence-electron chi connectivity index (χ2n) is 5.30. The minimum atomic E-state index is -1.01. The number of carbonyl (C=O) groups is 2. The lowest BCUT2D eigenvalue weighted by Gasteiger charge is -2.10. The van der Waals surface area contributed by atoms with Crippen molar-refractivity contribution in [3.63, 3.8) is 0 Å². The van der Waals surface area contributed by atoms with Crippen molar-refractivity contribution in [1.29, 1.82) is 0 Å². The number of carboxylic acid groups (broad SMARTS) is 1. The highest BCUT2D eigenvalue weighted by Crippen LogP contribution is 2.21. The van der Waals surface area contributed by atoms with E-state index in [4.69, 9.17) is 21.4 Å². The van der Waals surface area contributed by atoms with Gasteiger partial charge in [-0.2, -0.15) is 0 Å². The van der Waals surface area contributed by atoms with E-state index in [-0.39, 0.29) is 31.9 Å². The van der Waals surface area contributed by atoms with Crippen LogP contribution in [0.1, 0.15) is 24.0 Å². The Morgan fingerprint density at radius 3 is 2.48 bits per heavy atom. The lowest BCUT2D eigenvalue weighted by atomic mass is 10.2. The number of rotatable bonds is 8. The van der Waals surface area contributed by atoms with Crippen molar-refractivity contribution < 1.29 is 23.8 Å². The topological polar surface area (TPSA) is 75.6 Å². The summed E-state index contributed by atoms with van der Waals surface area (Å²) in [6.45, 7) is 0.300. The Labute approximate surface area is 149 Å². The number of halogens is 2. The zero-order valence-electron chi connectivity index (χ0n) is 13.3. The minimum absolute atomic E-state index is 0.0107. The van der Waals surface area contributed by atoms with Gasteiger partial charge >= 0.3 is 5.97 Å². The first-order valence-electron chi connectivity index (χ1n) is 7.59. The average molecular weight is 366 g/mol. The Kier molecular flexibility index (Phi) is 6.77. The molecule has 5 nitrogen and oxygen atoms in total. The van der Waals surface area contributed by atoms with Crippen LogP contribution in [0.15, 0.2) is 42.5 Å². The molecule has 2 rings (SSSR count). The summed E-state index contributed by atoms with van der Waals surface area (Å²) in [5.74, 6) is -1.21. The zero-order chi connectivity index (χ0) is 18.2. The molecule has 2 aromatic rings. The molecular formula is C18H17ClFNO4. The van der Waals surface area contributed by atoms with Gasteiger partial charge in [0, 0.05) is 18.5 Å². The summed E-state index contributed by atoms with van der Waals surface area (Å²) < 4.78 is 19.2. The minimum Gasteiger partial charge on any atom is -0.489 e. The van der Waals surface area contributed by atoms with Crippen LogP contribution in [0.2, 0.25) is 5.02 Å². The first-order valence-corrected chi connectivity index (χ1v) is 7.96. The second kappa shape index (κ2) is 9.03. The Balaban J connectivity index is 1.83. The van der Waals surface area contributed by atoms with E-state index in [1.807, 2.05) is 0 Å².